The van der Waals surface area contributed by atoms with E-state index in [0.29, 0.717) is 28.7 Å². The first-order chi connectivity index (χ1) is 11.6. The summed E-state index contributed by atoms with van der Waals surface area (Å²) in [5.74, 6) is 2.01. The van der Waals surface area contributed by atoms with Crippen molar-refractivity contribution in [2.75, 3.05) is 5.75 Å². The van der Waals surface area contributed by atoms with Crippen molar-refractivity contribution >= 4 is 17.7 Å². The van der Waals surface area contributed by atoms with Crippen molar-refractivity contribution in [2.45, 2.75) is 44.4 Å². The van der Waals surface area contributed by atoms with Crippen LogP contribution in [0.25, 0.3) is 11.5 Å². The fourth-order valence-corrected chi connectivity index (χ4v) is 3.70. The second-order valence-electron chi connectivity index (χ2n) is 6.47. The lowest BCUT2D eigenvalue weighted by atomic mass is 9.78. The van der Waals surface area contributed by atoms with Gasteiger partial charge in [0, 0.05) is 11.6 Å². The molecule has 3 atom stereocenters. The van der Waals surface area contributed by atoms with Gasteiger partial charge in [-0.15, -0.1) is 10.2 Å². The lowest BCUT2D eigenvalue weighted by Gasteiger charge is -2.34. The average Bonchev–Trinajstić information content (AvgIpc) is 3.07. The van der Waals surface area contributed by atoms with Crippen LogP contribution in [0, 0.1) is 11.8 Å². The van der Waals surface area contributed by atoms with Gasteiger partial charge in [0.15, 0.2) is 0 Å². The molecule has 128 valence electrons. The Hall–Kier alpha value is -1.82. The number of benzene rings is 1. The Balaban J connectivity index is 1.51. The highest BCUT2D eigenvalue weighted by atomic mass is 32.2. The van der Waals surface area contributed by atoms with Crippen molar-refractivity contribution in [1.82, 2.24) is 15.5 Å². The number of carbonyl (C=O) groups is 1. The number of hydrogen-bond donors (Lipinski definition) is 1. The second-order valence-corrected chi connectivity index (χ2v) is 7.40. The summed E-state index contributed by atoms with van der Waals surface area (Å²) < 4.78 is 5.61. The predicted molar refractivity (Wildman–Crippen MR) is 94.6 cm³/mol. The summed E-state index contributed by atoms with van der Waals surface area (Å²) in [5, 5.41) is 11.6. The zero-order chi connectivity index (χ0) is 16.9. The molecule has 2 aromatic rings. The predicted octanol–water partition coefficient (Wildman–Crippen LogP) is 3.77. The maximum atomic E-state index is 12.2. The van der Waals surface area contributed by atoms with Crippen molar-refractivity contribution < 1.29 is 9.21 Å². The summed E-state index contributed by atoms with van der Waals surface area (Å²) in [4.78, 5) is 12.2. The van der Waals surface area contributed by atoms with E-state index in [1.807, 2.05) is 30.3 Å². The van der Waals surface area contributed by atoms with E-state index in [-0.39, 0.29) is 11.9 Å². The zero-order valence-corrected chi connectivity index (χ0v) is 14.9. The molecule has 24 heavy (non-hydrogen) atoms. The molecule has 1 aliphatic rings. The number of nitrogens with zero attached hydrogens (tertiary/aromatic N) is 2. The molecule has 0 bridgehead atoms. The van der Waals surface area contributed by atoms with E-state index >= 15 is 0 Å². The molecule has 0 saturated heterocycles. The molecular formula is C18H23N3O2S. The molecule has 1 aliphatic carbocycles. The number of amides is 1. The molecule has 1 N–H and O–H groups in total. The molecule has 3 rings (SSSR count). The highest BCUT2D eigenvalue weighted by Crippen LogP contribution is 2.29. The molecule has 0 aliphatic heterocycles. The minimum atomic E-state index is 0.0328. The number of rotatable bonds is 5. The summed E-state index contributed by atoms with van der Waals surface area (Å²) in [7, 11) is 0. The van der Waals surface area contributed by atoms with Crippen LogP contribution < -0.4 is 5.32 Å². The highest BCUT2D eigenvalue weighted by Gasteiger charge is 2.28. The van der Waals surface area contributed by atoms with Crippen molar-refractivity contribution in [3.63, 3.8) is 0 Å². The molecule has 1 aromatic carbocycles. The van der Waals surface area contributed by atoms with Crippen molar-refractivity contribution in [3.8, 4) is 11.5 Å². The number of carbonyl (C=O) groups excluding carboxylic acids is 1. The average molecular weight is 345 g/mol. The largest absolute Gasteiger partial charge is 0.411 e. The van der Waals surface area contributed by atoms with Crippen LogP contribution in [-0.4, -0.2) is 27.9 Å². The Morgan fingerprint density at radius 2 is 2.04 bits per heavy atom. The van der Waals surface area contributed by atoms with Gasteiger partial charge in [0.2, 0.25) is 11.8 Å². The molecule has 1 amide bonds. The fourth-order valence-electron chi connectivity index (χ4n) is 3.13. The van der Waals surface area contributed by atoms with Gasteiger partial charge in [-0.1, -0.05) is 56.7 Å². The van der Waals surface area contributed by atoms with Gasteiger partial charge in [-0.25, -0.2) is 0 Å². The van der Waals surface area contributed by atoms with Crippen LogP contribution in [0.3, 0.4) is 0 Å². The van der Waals surface area contributed by atoms with Crippen molar-refractivity contribution in [3.05, 3.63) is 30.3 Å². The van der Waals surface area contributed by atoms with E-state index in [1.165, 1.54) is 24.6 Å². The molecule has 1 aromatic heterocycles. The fraction of sp³-hybridized carbons (Fsp3) is 0.500. The van der Waals surface area contributed by atoms with Gasteiger partial charge in [-0.3, -0.25) is 4.79 Å². The standard InChI is InChI=1S/C18H23N3O2S/c1-12-7-6-10-15(13(12)2)19-16(22)11-24-18-21-20-17(23-18)14-8-4-3-5-9-14/h3-5,8-9,12-13,15H,6-7,10-11H2,1-2H3,(H,19,22)/t12-,13+,15-/m0/s1. The van der Waals surface area contributed by atoms with E-state index in [4.69, 9.17) is 4.42 Å². The van der Waals surface area contributed by atoms with Crippen LogP contribution in [0.1, 0.15) is 33.1 Å². The first-order valence-corrected chi connectivity index (χ1v) is 9.43. The van der Waals surface area contributed by atoms with Crippen LogP contribution in [0.2, 0.25) is 0 Å². The SMILES string of the molecule is C[C@H]1[C@@H](NC(=O)CSc2nnc(-c3ccccc3)o2)CCC[C@@H]1C. The smallest absolute Gasteiger partial charge is 0.277 e. The summed E-state index contributed by atoms with van der Waals surface area (Å²) in [5.41, 5.74) is 0.881. The lowest BCUT2D eigenvalue weighted by molar-refractivity contribution is -0.120. The maximum absolute atomic E-state index is 12.2. The van der Waals surface area contributed by atoms with Gasteiger partial charge in [-0.05, 0) is 30.4 Å². The minimum Gasteiger partial charge on any atom is -0.411 e. The Labute approximate surface area is 146 Å². The third kappa shape index (κ3) is 4.17. The molecule has 5 nitrogen and oxygen atoms in total. The molecule has 0 unspecified atom stereocenters. The monoisotopic (exact) mass is 345 g/mol. The van der Waals surface area contributed by atoms with E-state index in [1.54, 1.807) is 0 Å². The zero-order valence-electron chi connectivity index (χ0n) is 14.1. The molecule has 1 fully saturated rings. The van der Waals surface area contributed by atoms with Crippen molar-refractivity contribution in [2.24, 2.45) is 11.8 Å². The molecule has 1 saturated carbocycles. The lowest BCUT2D eigenvalue weighted by Crippen LogP contribution is -2.44. The molecule has 1 heterocycles. The number of hydrogen-bond acceptors (Lipinski definition) is 5. The van der Waals surface area contributed by atoms with Gasteiger partial charge in [-0.2, -0.15) is 0 Å². The maximum Gasteiger partial charge on any atom is 0.277 e. The molecule has 6 heteroatoms. The first-order valence-electron chi connectivity index (χ1n) is 8.44. The van der Waals surface area contributed by atoms with Gasteiger partial charge in [0.1, 0.15) is 0 Å². The Morgan fingerprint density at radius 3 is 2.83 bits per heavy atom. The second kappa shape index (κ2) is 7.83. The normalized spacial score (nSPS) is 23.8. The van der Waals surface area contributed by atoms with Crippen molar-refractivity contribution in [1.29, 1.82) is 0 Å². The number of aromatic nitrogens is 2. The van der Waals surface area contributed by atoms with Crippen LogP contribution in [-0.2, 0) is 4.79 Å². The molecular weight excluding hydrogens is 322 g/mol. The van der Waals surface area contributed by atoms with E-state index in [2.05, 4.69) is 29.4 Å². The molecule has 0 spiro atoms. The summed E-state index contributed by atoms with van der Waals surface area (Å²) in [6.07, 6.45) is 3.51. The van der Waals surface area contributed by atoms with Crippen LogP contribution >= 0.6 is 11.8 Å². The van der Waals surface area contributed by atoms with Crippen LogP contribution in [0.15, 0.2) is 40.0 Å². The summed E-state index contributed by atoms with van der Waals surface area (Å²) in [6, 6.07) is 9.90. The first kappa shape index (κ1) is 17.0. The third-order valence-electron chi connectivity index (χ3n) is 4.81. The van der Waals surface area contributed by atoms with Gasteiger partial charge >= 0.3 is 0 Å². The quantitative estimate of drug-likeness (QED) is 0.836. The van der Waals surface area contributed by atoms with E-state index in [9.17, 15) is 4.79 Å². The van der Waals surface area contributed by atoms with Crippen LogP contribution in [0.4, 0.5) is 0 Å². The summed E-state index contributed by atoms with van der Waals surface area (Å²) in [6.45, 7) is 4.49. The van der Waals surface area contributed by atoms with Gasteiger partial charge in [0.05, 0.1) is 5.75 Å². The van der Waals surface area contributed by atoms with E-state index < -0.39 is 0 Å². The van der Waals surface area contributed by atoms with Crippen LogP contribution in [0.5, 0.6) is 0 Å². The van der Waals surface area contributed by atoms with Gasteiger partial charge < -0.3 is 9.73 Å². The summed E-state index contributed by atoms with van der Waals surface area (Å²) >= 11 is 1.28. The number of thioether (sulfide) groups is 1. The van der Waals surface area contributed by atoms with Gasteiger partial charge in [0.25, 0.3) is 5.22 Å². The number of nitrogens with one attached hydrogen (secondary N) is 1. The third-order valence-corrected chi connectivity index (χ3v) is 5.63. The molecule has 0 radical (unpaired) electrons. The Bertz CT molecular complexity index is 674. The Kier molecular flexibility index (Phi) is 5.56. The van der Waals surface area contributed by atoms with E-state index in [0.717, 1.165) is 12.0 Å². The highest BCUT2D eigenvalue weighted by molar-refractivity contribution is 7.99. The minimum absolute atomic E-state index is 0.0328. The Morgan fingerprint density at radius 1 is 1.25 bits per heavy atom. The topological polar surface area (TPSA) is 68.0 Å².